The molecule has 1 amide bonds. The molecule has 0 saturated carbocycles. The fraction of sp³-hybridized carbons (Fsp3) is 0.240. The average Bonchev–Trinajstić information content (AvgIpc) is 3.32. The highest BCUT2D eigenvalue weighted by atomic mass is 32.2. The fourth-order valence-electron chi connectivity index (χ4n) is 3.57. The average molecular weight is 464 g/mol. The van der Waals surface area contributed by atoms with E-state index >= 15 is 0 Å². The van der Waals surface area contributed by atoms with Gasteiger partial charge in [-0.2, -0.15) is 5.26 Å². The Morgan fingerprint density at radius 3 is 2.61 bits per heavy atom. The molecule has 0 radical (unpaired) electrons. The summed E-state index contributed by atoms with van der Waals surface area (Å²) in [5.41, 5.74) is 3.83. The molecule has 1 aromatic carbocycles. The third kappa shape index (κ3) is 5.38. The Kier molecular flexibility index (Phi) is 7.80. The van der Waals surface area contributed by atoms with E-state index in [1.807, 2.05) is 32.0 Å². The summed E-state index contributed by atoms with van der Waals surface area (Å²) in [4.78, 5) is 25.4. The molecule has 1 atom stereocenters. The Bertz CT molecular complexity index is 1150. The van der Waals surface area contributed by atoms with E-state index in [1.165, 1.54) is 24.1 Å². The van der Waals surface area contributed by atoms with Crippen molar-refractivity contribution < 1.29 is 18.7 Å². The first-order valence-corrected chi connectivity index (χ1v) is 11.3. The van der Waals surface area contributed by atoms with Crippen LogP contribution in [-0.2, 0) is 14.3 Å². The normalized spacial score (nSPS) is 15.5. The molecular weight excluding hydrogens is 438 g/mol. The zero-order valence-electron chi connectivity index (χ0n) is 18.7. The lowest BCUT2D eigenvalue weighted by Gasteiger charge is -2.27. The first-order chi connectivity index (χ1) is 15.9. The lowest BCUT2D eigenvalue weighted by atomic mass is 9.86. The number of para-hydroxylation sites is 1. The number of dihydropyridines is 1. The number of rotatable bonds is 8. The number of nitriles is 1. The molecule has 3 rings (SSSR count). The van der Waals surface area contributed by atoms with Crippen molar-refractivity contribution in [2.24, 2.45) is 0 Å². The number of esters is 1. The number of allylic oxidation sites excluding steroid dienone is 2. The number of anilines is 1. The van der Waals surface area contributed by atoms with Crippen LogP contribution in [0.1, 0.15) is 29.7 Å². The van der Waals surface area contributed by atoms with Gasteiger partial charge in [-0.1, -0.05) is 42.6 Å². The number of hydrogen-bond acceptors (Lipinski definition) is 7. The monoisotopic (exact) mass is 463 g/mol. The van der Waals surface area contributed by atoms with Crippen LogP contribution in [0.15, 0.2) is 75.5 Å². The highest BCUT2D eigenvalue weighted by Crippen LogP contribution is 2.41. The van der Waals surface area contributed by atoms with Crippen molar-refractivity contribution >= 4 is 29.3 Å². The second kappa shape index (κ2) is 10.7. The van der Waals surface area contributed by atoms with Crippen LogP contribution in [0.4, 0.5) is 5.69 Å². The quantitative estimate of drug-likeness (QED) is 0.432. The molecule has 0 aliphatic carbocycles. The number of carbonyl (C=O) groups excluding carboxylic acids is 2. The summed E-state index contributed by atoms with van der Waals surface area (Å²) in [5.74, 6) is -0.985. The molecule has 7 nitrogen and oxygen atoms in total. The maximum atomic E-state index is 12.8. The van der Waals surface area contributed by atoms with Gasteiger partial charge < -0.3 is 19.8 Å². The number of furan rings is 1. The molecule has 170 valence electrons. The van der Waals surface area contributed by atoms with Gasteiger partial charge in [0.2, 0.25) is 5.91 Å². The molecule has 1 aliphatic heterocycles. The minimum Gasteiger partial charge on any atom is -0.468 e. The van der Waals surface area contributed by atoms with Gasteiger partial charge in [-0.3, -0.25) is 4.79 Å². The standard InChI is InChI=1S/C25H25N3O4S/c1-5-11-32-25(30)21-17(4)27-24(18(13-26)22(21)19-10-7-12-31-19)33-14-20(29)28-23-15(2)8-6-9-16(23)3/h5-10,12,22,27H,1,11,14H2,2-4H3,(H,28,29)/t22-/m1/s1. The molecule has 2 aromatic rings. The van der Waals surface area contributed by atoms with Crippen molar-refractivity contribution in [1.82, 2.24) is 5.32 Å². The van der Waals surface area contributed by atoms with Crippen LogP contribution in [-0.4, -0.2) is 24.2 Å². The molecule has 0 fully saturated rings. The van der Waals surface area contributed by atoms with Gasteiger partial charge in [0.05, 0.1) is 40.2 Å². The number of ether oxygens (including phenoxy) is 1. The van der Waals surface area contributed by atoms with Gasteiger partial charge in [-0.25, -0.2) is 4.79 Å². The molecule has 33 heavy (non-hydrogen) atoms. The molecule has 8 heteroatoms. The molecule has 0 spiro atoms. The summed E-state index contributed by atoms with van der Waals surface area (Å²) in [5, 5.41) is 16.5. The van der Waals surface area contributed by atoms with Crippen molar-refractivity contribution in [2.75, 3.05) is 17.7 Å². The highest BCUT2D eigenvalue weighted by Gasteiger charge is 2.37. The van der Waals surface area contributed by atoms with Gasteiger partial charge in [0.25, 0.3) is 0 Å². The third-order valence-corrected chi connectivity index (χ3v) is 6.14. The van der Waals surface area contributed by atoms with E-state index in [4.69, 9.17) is 9.15 Å². The SMILES string of the molecule is C=CCOC(=O)C1=C(C)NC(SCC(=O)Nc2c(C)cccc2C)=C(C#N)[C@@H]1c1ccco1. The van der Waals surface area contributed by atoms with E-state index in [0.29, 0.717) is 16.5 Å². The molecule has 0 saturated heterocycles. The number of nitrogens with zero attached hydrogens (tertiary/aromatic N) is 1. The molecule has 0 unspecified atom stereocenters. The summed E-state index contributed by atoms with van der Waals surface area (Å²) < 4.78 is 10.8. The van der Waals surface area contributed by atoms with Crippen LogP contribution in [0.5, 0.6) is 0 Å². The Hall–Kier alpha value is -3.70. The minimum absolute atomic E-state index is 0.0478. The molecule has 1 aliphatic rings. The maximum Gasteiger partial charge on any atom is 0.337 e. The maximum absolute atomic E-state index is 12.8. The van der Waals surface area contributed by atoms with E-state index in [1.54, 1.807) is 19.1 Å². The third-order valence-electron chi connectivity index (χ3n) is 5.12. The van der Waals surface area contributed by atoms with E-state index in [9.17, 15) is 14.9 Å². The second-order valence-corrected chi connectivity index (χ2v) is 8.44. The number of amides is 1. The second-order valence-electron chi connectivity index (χ2n) is 7.46. The summed E-state index contributed by atoms with van der Waals surface area (Å²) in [6.45, 7) is 9.20. The topological polar surface area (TPSA) is 104 Å². The van der Waals surface area contributed by atoms with Crippen molar-refractivity contribution in [3.05, 3.63) is 88.0 Å². The van der Waals surface area contributed by atoms with Crippen LogP contribution in [0, 0.1) is 25.2 Å². The van der Waals surface area contributed by atoms with E-state index in [0.717, 1.165) is 16.8 Å². The Balaban J connectivity index is 1.85. The highest BCUT2D eigenvalue weighted by molar-refractivity contribution is 8.03. The first-order valence-electron chi connectivity index (χ1n) is 10.3. The fourth-order valence-corrected chi connectivity index (χ4v) is 4.47. The van der Waals surface area contributed by atoms with Gasteiger partial charge in [-0.05, 0) is 44.0 Å². The number of aryl methyl sites for hydroxylation is 2. The van der Waals surface area contributed by atoms with E-state index < -0.39 is 11.9 Å². The van der Waals surface area contributed by atoms with Gasteiger partial charge >= 0.3 is 5.97 Å². The predicted octanol–water partition coefficient (Wildman–Crippen LogP) is 4.69. The van der Waals surface area contributed by atoms with Crippen molar-refractivity contribution in [3.63, 3.8) is 0 Å². The largest absolute Gasteiger partial charge is 0.468 e. The summed E-state index contributed by atoms with van der Waals surface area (Å²) >= 11 is 1.20. The van der Waals surface area contributed by atoms with Crippen LogP contribution >= 0.6 is 11.8 Å². The zero-order chi connectivity index (χ0) is 24.0. The van der Waals surface area contributed by atoms with Gasteiger partial charge in [0.15, 0.2) is 0 Å². The number of nitrogens with one attached hydrogen (secondary N) is 2. The molecule has 2 N–H and O–H groups in total. The van der Waals surface area contributed by atoms with Gasteiger partial charge in [-0.15, -0.1) is 0 Å². The van der Waals surface area contributed by atoms with Crippen LogP contribution < -0.4 is 10.6 Å². The van der Waals surface area contributed by atoms with Gasteiger partial charge in [0.1, 0.15) is 12.4 Å². The smallest absolute Gasteiger partial charge is 0.337 e. The van der Waals surface area contributed by atoms with Crippen LogP contribution in [0.25, 0.3) is 0 Å². The summed E-state index contributed by atoms with van der Waals surface area (Å²) in [6, 6.07) is 11.4. The Labute approximate surface area is 197 Å². The lowest BCUT2D eigenvalue weighted by molar-refractivity contribution is -0.138. The molecular formula is C25H25N3O4S. The number of thioether (sulfide) groups is 1. The summed E-state index contributed by atoms with van der Waals surface area (Å²) in [7, 11) is 0. The van der Waals surface area contributed by atoms with Crippen LogP contribution in [0.2, 0.25) is 0 Å². The van der Waals surface area contributed by atoms with Gasteiger partial charge in [0, 0.05) is 11.4 Å². The molecule has 2 heterocycles. The van der Waals surface area contributed by atoms with Crippen molar-refractivity contribution in [2.45, 2.75) is 26.7 Å². The molecule has 0 bridgehead atoms. The number of benzene rings is 1. The van der Waals surface area contributed by atoms with Crippen molar-refractivity contribution in [1.29, 1.82) is 5.26 Å². The molecule has 1 aromatic heterocycles. The van der Waals surface area contributed by atoms with Crippen molar-refractivity contribution in [3.8, 4) is 6.07 Å². The number of hydrogen-bond donors (Lipinski definition) is 2. The number of carbonyl (C=O) groups is 2. The minimum atomic E-state index is -0.743. The van der Waals surface area contributed by atoms with Crippen LogP contribution in [0.3, 0.4) is 0 Å². The van der Waals surface area contributed by atoms with E-state index in [2.05, 4.69) is 23.3 Å². The van der Waals surface area contributed by atoms with E-state index in [-0.39, 0.29) is 29.4 Å². The Morgan fingerprint density at radius 1 is 1.27 bits per heavy atom. The first kappa shape index (κ1) is 24.0. The summed E-state index contributed by atoms with van der Waals surface area (Å²) in [6.07, 6.45) is 2.96. The Morgan fingerprint density at radius 2 is 2.00 bits per heavy atom. The predicted molar refractivity (Wildman–Crippen MR) is 128 cm³/mol. The lowest BCUT2D eigenvalue weighted by Crippen LogP contribution is -2.29. The zero-order valence-corrected chi connectivity index (χ0v) is 19.5.